The number of amides is 1. The second kappa shape index (κ2) is 11.5. The smallest absolute Gasteiger partial charge is 0.268 e. The van der Waals surface area contributed by atoms with Gasteiger partial charge in [-0.3, -0.25) is 9.10 Å². The fraction of sp³-hybridized carbons (Fsp3) is 0.321. The summed E-state index contributed by atoms with van der Waals surface area (Å²) in [5.74, 6) is 0.406. The van der Waals surface area contributed by atoms with Gasteiger partial charge < -0.3 is 19.3 Å². The maximum atomic E-state index is 14.0. The molecule has 202 valence electrons. The highest BCUT2D eigenvalue weighted by atomic mass is 35.5. The van der Waals surface area contributed by atoms with Crippen molar-refractivity contribution in [3.8, 4) is 11.5 Å². The van der Waals surface area contributed by atoms with Crippen LogP contribution in [0.3, 0.4) is 0 Å². The van der Waals surface area contributed by atoms with Gasteiger partial charge in [-0.05, 0) is 61.4 Å². The molecule has 3 aromatic rings. The Kier molecular flexibility index (Phi) is 8.38. The molecule has 4 rings (SSSR count). The van der Waals surface area contributed by atoms with Crippen molar-refractivity contribution in [2.45, 2.75) is 18.7 Å². The number of nitrogens with zero attached hydrogens (tertiary/aromatic N) is 3. The summed E-state index contributed by atoms with van der Waals surface area (Å²) in [7, 11) is -1.23. The average molecular weight is 558 g/mol. The number of halogens is 1. The molecule has 0 aliphatic carbocycles. The first-order chi connectivity index (χ1) is 18.1. The molecule has 1 aliphatic heterocycles. The minimum Gasteiger partial charge on any atom is -0.497 e. The lowest BCUT2D eigenvalue weighted by Crippen LogP contribution is -2.52. The van der Waals surface area contributed by atoms with E-state index in [1.54, 1.807) is 54.3 Å². The molecule has 0 atom stereocenters. The van der Waals surface area contributed by atoms with Crippen molar-refractivity contribution in [1.82, 2.24) is 4.90 Å². The highest BCUT2D eigenvalue weighted by Gasteiger charge is 2.32. The molecule has 3 aromatic carbocycles. The summed E-state index contributed by atoms with van der Waals surface area (Å²) in [5, 5.41) is 0.662. The molecule has 0 spiro atoms. The molecule has 0 N–H and O–H groups in total. The van der Waals surface area contributed by atoms with Crippen LogP contribution in [0.15, 0.2) is 65.6 Å². The van der Waals surface area contributed by atoms with Crippen LogP contribution in [-0.4, -0.2) is 66.2 Å². The Balaban J connectivity index is 1.61. The van der Waals surface area contributed by atoms with Crippen LogP contribution in [0.25, 0.3) is 0 Å². The first-order valence-corrected chi connectivity index (χ1v) is 14.1. The number of hydrogen-bond donors (Lipinski definition) is 0. The fourth-order valence-electron chi connectivity index (χ4n) is 4.53. The number of piperazine rings is 1. The van der Waals surface area contributed by atoms with Crippen molar-refractivity contribution >= 4 is 38.9 Å². The van der Waals surface area contributed by atoms with E-state index in [1.165, 1.54) is 14.2 Å². The first-order valence-electron chi connectivity index (χ1n) is 12.2. The number of hydrogen-bond acceptors (Lipinski definition) is 6. The fourth-order valence-corrected chi connectivity index (χ4v) is 6.34. The van der Waals surface area contributed by atoms with Crippen LogP contribution in [0.1, 0.15) is 11.1 Å². The van der Waals surface area contributed by atoms with E-state index in [1.807, 2.05) is 25.1 Å². The van der Waals surface area contributed by atoms with Gasteiger partial charge in [-0.25, -0.2) is 8.42 Å². The van der Waals surface area contributed by atoms with Gasteiger partial charge in [-0.1, -0.05) is 29.8 Å². The van der Waals surface area contributed by atoms with Crippen LogP contribution in [0.2, 0.25) is 5.02 Å². The second-order valence-corrected chi connectivity index (χ2v) is 11.4. The highest BCUT2D eigenvalue weighted by molar-refractivity contribution is 7.93. The van der Waals surface area contributed by atoms with Gasteiger partial charge in [0.2, 0.25) is 5.91 Å². The van der Waals surface area contributed by atoms with Crippen LogP contribution in [0.5, 0.6) is 11.5 Å². The summed E-state index contributed by atoms with van der Waals surface area (Å²) in [5.41, 5.74) is 3.23. The lowest BCUT2D eigenvalue weighted by molar-refractivity contribution is -0.129. The molecule has 0 saturated carbocycles. The van der Waals surface area contributed by atoms with Crippen molar-refractivity contribution in [2.75, 3.05) is 56.1 Å². The van der Waals surface area contributed by atoms with Gasteiger partial charge in [0.05, 0.1) is 19.9 Å². The summed E-state index contributed by atoms with van der Waals surface area (Å²) >= 11 is 6.21. The van der Waals surface area contributed by atoms with Gasteiger partial charge >= 0.3 is 0 Å². The van der Waals surface area contributed by atoms with Crippen LogP contribution in [0, 0.1) is 13.8 Å². The molecule has 1 saturated heterocycles. The number of ether oxygens (including phenoxy) is 2. The highest BCUT2D eigenvalue weighted by Crippen LogP contribution is 2.32. The molecular weight excluding hydrogens is 526 g/mol. The predicted octanol–water partition coefficient (Wildman–Crippen LogP) is 4.52. The maximum absolute atomic E-state index is 14.0. The van der Waals surface area contributed by atoms with Gasteiger partial charge in [0.15, 0.2) is 0 Å². The maximum Gasteiger partial charge on any atom is 0.268 e. The van der Waals surface area contributed by atoms with E-state index in [-0.39, 0.29) is 23.1 Å². The number of carbonyl (C=O) groups is 1. The Morgan fingerprint density at radius 1 is 0.947 bits per heavy atom. The lowest BCUT2D eigenvalue weighted by atomic mass is 10.1. The average Bonchev–Trinajstić information content (AvgIpc) is 2.92. The summed E-state index contributed by atoms with van der Waals surface area (Å²) in [4.78, 5) is 17.4. The normalized spacial score (nSPS) is 13.8. The molecule has 0 unspecified atom stereocenters. The van der Waals surface area contributed by atoms with Crippen LogP contribution >= 0.6 is 11.6 Å². The predicted molar refractivity (Wildman–Crippen MR) is 150 cm³/mol. The topological polar surface area (TPSA) is 79.4 Å². The van der Waals surface area contributed by atoms with Crippen molar-refractivity contribution in [2.24, 2.45) is 0 Å². The molecule has 0 bridgehead atoms. The lowest BCUT2D eigenvalue weighted by Gasteiger charge is -2.37. The first kappa shape index (κ1) is 27.6. The Morgan fingerprint density at radius 3 is 2.37 bits per heavy atom. The van der Waals surface area contributed by atoms with E-state index in [0.717, 1.165) is 21.1 Å². The SMILES string of the molecule is COc1cccc(N(CC(=O)N2CCN(c3cc(Cl)ccc3C)CC2)S(=O)(=O)c2cc(C)ccc2OC)c1. The quantitative estimate of drug-likeness (QED) is 0.405. The standard InChI is InChI=1S/C28H32ClN3O5S/c1-20-8-11-26(37-4)27(16-20)38(34,35)32(23-6-5-7-24(18-23)36-3)19-28(33)31-14-12-30(13-15-31)25-17-22(29)10-9-21(25)2/h5-11,16-18H,12-15,19H2,1-4H3. The molecule has 38 heavy (non-hydrogen) atoms. The van der Waals surface area contributed by atoms with Gasteiger partial charge in [0, 0.05) is 43.0 Å². The van der Waals surface area contributed by atoms with Gasteiger partial charge in [-0.15, -0.1) is 0 Å². The largest absolute Gasteiger partial charge is 0.497 e. The minimum absolute atomic E-state index is 0.00290. The van der Waals surface area contributed by atoms with E-state index in [4.69, 9.17) is 21.1 Å². The van der Waals surface area contributed by atoms with Gasteiger partial charge in [0.25, 0.3) is 10.0 Å². The zero-order valence-electron chi connectivity index (χ0n) is 22.0. The van der Waals surface area contributed by atoms with Crippen molar-refractivity contribution in [1.29, 1.82) is 0 Å². The van der Waals surface area contributed by atoms with E-state index in [9.17, 15) is 13.2 Å². The number of sulfonamides is 1. The number of carbonyl (C=O) groups excluding carboxylic acids is 1. The summed E-state index contributed by atoms with van der Waals surface area (Å²) in [6.45, 7) is 5.63. The second-order valence-electron chi connectivity index (χ2n) is 9.17. The Labute approximate surface area is 229 Å². The van der Waals surface area contributed by atoms with Crippen LogP contribution in [0.4, 0.5) is 11.4 Å². The Bertz CT molecular complexity index is 1420. The van der Waals surface area contributed by atoms with Gasteiger partial charge in [-0.2, -0.15) is 0 Å². The van der Waals surface area contributed by atoms with Crippen molar-refractivity contribution < 1.29 is 22.7 Å². The van der Waals surface area contributed by atoms with E-state index in [0.29, 0.717) is 42.6 Å². The van der Waals surface area contributed by atoms with Gasteiger partial charge in [0.1, 0.15) is 22.9 Å². The monoisotopic (exact) mass is 557 g/mol. The number of aryl methyl sites for hydroxylation is 2. The molecular formula is C28H32ClN3O5S. The summed E-state index contributed by atoms with van der Waals surface area (Å²) in [6.07, 6.45) is 0. The summed E-state index contributed by atoms with van der Waals surface area (Å²) in [6, 6.07) is 17.4. The zero-order valence-corrected chi connectivity index (χ0v) is 23.6. The van der Waals surface area contributed by atoms with Crippen molar-refractivity contribution in [3.63, 3.8) is 0 Å². The number of rotatable bonds is 8. The van der Waals surface area contributed by atoms with E-state index in [2.05, 4.69) is 4.90 Å². The molecule has 1 fully saturated rings. The minimum atomic E-state index is -4.16. The van der Waals surface area contributed by atoms with E-state index >= 15 is 0 Å². The molecule has 10 heteroatoms. The molecule has 1 heterocycles. The molecule has 8 nitrogen and oxygen atoms in total. The third kappa shape index (κ3) is 5.84. The third-order valence-electron chi connectivity index (χ3n) is 6.65. The molecule has 0 radical (unpaired) electrons. The number of methoxy groups -OCH3 is 2. The van der Waals surface area contributed by atoms with Crippen LogP contribution < -0.4 is 18.7 Å². The third-order valence-corrected chi connectivity index (χ3v) is 8.68. The Morgan fingerprint density at radius 2 is 1.68 bits per heavy atom. The Hall–Kier alpha value is -3.43. The summed E-state index contributed by atoms with van der Waals surface area (Å²) < 4.78 is 39.8. The zero-order chi connectivity index (χ0) is 27.4. The molecule has 1 aliphatic rings. The molecule has 0 aromatic heterocycles. The number of anilines is 2. The van der Waals surface area contributed by atoms with Crippen LogP contribution in [-0.2, 0) is 14.8 Å². The van der Waals surface area contributed by atoms with Crippen molar-refractivity contribution in [3.05, 3.63) is 76.8 Å². The van der Waals surface area contributed by atoms with E-state index < -0.39 is 10.0 Å². The number of benzene rings is 3. The molecule has 1 amide bonds.